The van der Waals surface area contributed by atoms with Crippen LogP contribution >= 0.6 is 23.2 Å². The van der Waals surface area contributed by atoms with E-state index in [0.29, 0.717) is 15.5 Å². The molecule has 35 heavy (non-hydrogen) atoms. The molecule has 0 aliphatic carbocycles. The molecule has 5 rings (SSSR count). The third-order valence-corrected chi connectivity index (χ3v) is 7.65. The zero-order chi connectivity index (χ0) is 25.0. The Morgan fingerprint density at radius 3 is 2.46 bits per heavy atom. The molecule has 0 radical (unpaired) electrons. The van der Waals surface area contributed by atoms with Crippen molar-refractivity contribution in [3.63, 3.8) is 0 Å². The highest BCUT2D eigenvalue weighted by molar-refractivity contribution is 6.35. The van der Waals surface area contributed by atoms with Crippen molar-refractivity contribution in [3.8, 4) is 0 Å². The second-order valence-corrected chi connectivity index (χ2v) is 10.5. The number of nitrogens with two attached hydrogens (primary N) is 1. The maximum Gasteiger partial charge on any atom is 0.128 e. The fraction of sp³-hybridized carbons (Fsp3) is 0.370. The molecule has 2 aromatic heterocycles. The summed E-state index contributed by atoms with van der Waals surface area (Å²) in [5.41, 5.74) is 12.0. The minimum atomic E-state index is 0.167. The van der Waals surface area contributed by atoms with Gasteiger partial charge in [0.2, 0.25) is 0 Å². The number of anilines is 2. The van der Waals surface area contributed by atoms with E-state index in [1.54, 1.807) is 12.4 Å². The minimum absolute atomic E-state index is 0.167. The number of halogens is 2. The van der Waals surface area contributed by atoms with E-state index in [-0.39, 0.29) is 5.92 Å². The van der Waals surface area contributed by atoms with E-state index >= 15 is 0 Å². The lowest BCUT2D eigenvalue weighted by molar-refractivity contribution is 0.241. The molecule has 1 atom stereocenters. The van der Waals surface area contributed by atoms with E-state index < -0.39 is 0 Å². The fourth-order valence-corrected chi connectivity index (χ4v) is 5.94. The van der Waals surface area contributed by atoms with Crippen molar-refractivity contribution in [1.82, 2.24) is 15.3 Å². The second kappa shape index (κ2) is 10.9. The van der Waals surface area contributed by atoms with Crippen molar-refractivity contribution in [3.05, 3.63) is 81.2 Å². The molecular formula is C27H32Cl2N6. The molecule has 0 saturated carbocycles. The largest absolute Gasteiger partial charge is 0.398 e. The lowest BCUT2D eigenvalue weighted by Gasteiger charge is -2.48. The molecule has 2 aliphatic heterocycles. The summed E-state index contributed by atoms with van der Waals surface area (Å²) in [6.45, 7) is 9.11. The highest BCUT2D eigenvalue weighted by Crippen LogP contribution is 2.38. The smallest absolute Gasteiger partial charge is 0.128 e. The molecule has 0 amide bonds. The molecule has 2 fully saturated rings. The quantitative estimate of drug-likeness (QED) is 0.306. The van der Waals surface area contributed by atoms with Gasteiger partial charge < -0.3 is 21.4 Å². The van der Waals surface area contributed by atoms with Gasteiger partial charge in [-0.15, -0.1) is 0 Å². The summed E-state index contributed by atoms with van der Waals surface area (Å²) in [6, 6.07) is 10.6. The average molecular weight is 512 g/mol. The van der Waals surface area contributed by atoms with Gasteiger partial charge in [0, 0.05) is 55.7 Å². The van der Waals surface area contributed by atoms with Crippen LogP contribution in [0.15, 0.2) is 48.9 Å². The number of pyridine rings is 2. The van der Waals surface area contributed by atoms with Crippen molar-refractivity contribution < 1.29 is 0 Å². The van der Waals surface area contributed by atoms with Gasteiger partial charge in [-0.2, -0.15) is 0 Å². The lowest BCUT2D eigenvalue weighted by Crippen LogP contribution is -2.57. The van der Waals surface area contributed by atoms with Gasteiger partial charge in [0.15, 0.2) is 0 Å². The van der Waals surface area contributed by atoms with Crippen LogP contribution in [0.4, 0.5) is 11.5 Å². The maximum absolute atomic E-state index is 6.36. The van der Waals surface area contributed by atoms with Crippen LogP contribution in [0, 0.1) is 10.8 Å². The number of hydrogen-bond donors (Lipinski definition) is 3. The molecule has 1 aromatic carbocycles. The van der Waals surface area contributed by atoms with Crippen molar-refractivity contribution in [2.24, 2.45) is 5.41 Å². The monoisotopic (exact) mass is 510 g/mol. The Kier molecular flexibility index (Phi) is 7.95. The van der Waals surface area contributed by atoms with Crippen LogP contribution in [-0.4, -0.2) is 42.9 Å². The first-order valence-corrected chi connectivity index (χ1v) is 12.6. The Bertz CT molecular complexity index is 1130. The Labute approximate surface area is 217 Å². The molecule has 2 aliphatic rings. The number of benzene rings is 1. The highest BCUT2D eigenvalue weighted by atomic mass is 35.5. The van der Waals surface area contributed by atoms with Crippen LogP contribution in [0.3, 0.4) is 0 Å². The summed E-state index contributed by atoms with van der Waals surface area (Å²) in [6.07, 6.45) is 8.13. The summed E-state index contributed by atoms with van der Waals surface area (Å²) in [7, 11) is 0. The van der Waals surface area contributed by atoms with Gasteiger partial charge in [-0.05, 0) is 66.4 Å². The number of rotatable bonds is 6. The van der Waals surface area contributed by atoms with E-state index in [9.17, 15) is 0 Å². The third-order valence-electron chi connectivity index (χ3n) is 7.04. The molecule has 4 N–H and O–H groups in total. The predicted octanol–water partition coefficient (Wildman–Crippen LogP) is 5.37. The number of nitrogen functional groups attached to an aromatic ring is 1. The molecule has 8 heteroatoms. The van der Waals surface area contributed by atoms with E-state index in [1.807, 2.05) is 12.3 Å². The van der Waals surface area contributed by atoms with Crippen molar-refractivity contribution in [2.45, 2.75) is 32.1 Å². The molecule has 2 saturated heterocycles. The topological polar surface area (TPSA) is 90.9 Å². The fourth-order valence-electron chi connectivity index (χ4n) is 5.21. The Hall–Kier alpha value is -2.67. The average Bonchev–Trinajstić information content (AvgIpc) is 3.33. The van der Waals surface area contributed by atoms with Gasteiger partial charge >= 0.3 is 0 Å². The molecular weight excluding hydrogens is 479 g/mol. The summed E-state index contributed by atoms with van der Waals surface area (Å²) < 4.78 is 0. The number of nitrogens with zero attached hydrogens (tertiary/aromatic N) is 3. The lowest BCUT2D eigenvalue weighted by atomic mass is 9.79. The number of aromatic nitrogens is 2. The first-order chi connectivity index (χ1) is 16.9. The Balaban J connectivity index is 0.00000141. The zero-order valence-electron chi connectivity index (χ0n) is 20.0. The van der Waals surface area contributed by atoms with Gasteiger partial charge in [-0.25, -0.2) is 4.98 Å². The van der Waals surface area contributed by atoms with Gasteiger partial charge in [0.1, 0.15) is 5.82 Å². The summed E-state index contributed by atoms with van der Waals surface area (Å²) in [4.78, 5) is 11.2. The molecule has 1 spiro atoms. The minimum Gasteiger partial charge on any atom is -0.398 e. The van der Waals surface area contributed by atoms with Crippen molar-refractivity contribution in [1.29, 1.82) is 5.41 Å². The normalized spacial score (nSPS) is 16.9. The molecule has 184 valence electrons. The predicted molar refractivity (Wildman–Crippen MR) is 146 cm³/mol. The SMILES string of the molecule is C=N.C[C@@H](Cc1ccc(N)c(Cc2ccc(N3CC4(CCNC4)C3)nc2)c1)c1c(Cl)cncc1Cl. The van der Waals surface area contributed by atoms with Crippen LogP contribution in [0.25, 0.3) is 0 Å². The first-order valence-electron chi connectivity index (χ1n) is 11.8. The van der Waals surface area contributed by atoms with Crippen LogP contribution < -0.4 is 16.0 Å². The Morgan fingerprint density at radius 1 is 1.11 bits per heavy atom. The number of nitrogens with one attached hydrogen (secondary N) is 2. The van der Waals surface area contributed by atoms with Crippen LogP contribution in [0.1, 0.15) is 41.5 Å². The van der Waals surface area contributed by atoms with E-state index in [2.05, 4.69) is 53.1 Å². The standard InChI is InChI=1S/C26H29Cl2N5.CH3N/c1-17(25-21(27)12-31-13-22(25)28)8-18-2-4-23(29)20(9-18)10-19-3-5-24(32-11-19)33-15-26(16-33)6-7-30-14-26;1-2/h2-5,9,11-13,17,30H,6-8,10,14-16,29H2,1H3;2H,1H2/t17-;/m0./s1. The van der Waals surface area contributed by atoms with Gasteiger partial charge in [0.25, 0.3) is 0 Å². The summed E-state index contributed by atoms with van der Waals surface area (Å²) in [5, 5.41) is 10.2. The van der Waals surface area contributed by atoms with Crippen LogP contribution in [-0.2, 0) is 12.8 Å². The first kappa shape index (κ1) is 25.4. The van der Waals surface area contributed by atoms with E-state index in [0.717, 1.165) is 67.2 Å². The molecule has 3 aromatic rings. The van der Waals surface area contributed by atoms with Crippen LogP contribution in [0.2, 0.25) is 10.0 Å². The van der Waals surface area contributed by atoms with E-state index in [4.69, 9.17) is 39.3 Å². The van der Waals surface area contributed by atoms with Crippen LogP contribution in [0.5, 0.6) is 0 Å². The van der Waals surface area contributed by atoms with Gasteiger partial charge in [-0.3, -0.25) is 4.98 Å². The number of hydrogen-bond acceptors (Lipinski definition) is 6. The van der Waals surface area contributed by atoms with Gasteiger partial charge in [-0.1, -0.05) is 48.3 Å². The third kappa shape index (κ3) is 5.61. The Morgan fingerprint density at radius 2 is 1.83 bits per heavy atom. The van der Waals surface area contributed by atoms with Gasteiger partial charge in [0.05, 0.1) is 10.0 Å². The molecule has 0 unspecified atom stereocenters. The molecule has 4 heterocycles. The zero-order valence-corrected chi connectivity index (χ0v) is 21.5. The maximum atomic E-state index is 6.36. The second-order valence-electron chi connectivity index (χ2n) is 9.64. The van der Waals surface area contributed by atoms with Crippen molar-refractivity contribution in [2.75, 3.05) is 36.8 Å². The molecule has 6 nitrogen and oxygen atoms in total. The summed E-state index contributed by atoms with van der Waals surface area (Å²) in [5.74, 6) is 1.23. The van der Waals surface area contributed by atoms with Crippen molar-refractivity contribution >= 4 is 41.4 Å². The highest BCUT2D eigenvalue weighted by Gasteiger charge is 2.45. The molecule has 0 bridgehead atoms. The van der Waals surface area contributed by atoms with E-state index in [1.165, 1.54) is 12.0 Å². The summed E-state index contributed by atoms with van der Waals surface area (Å²) >= 11 is 12.7.